The van der Waals surface area contributed by atoms with E-state index >= 15 is 0 Å². The van der Waals surface area contributed by atoms with Gasteiger partial charge in [-0.3, -0.25) is 9.59 Å². The molecule has 0 heterocycles. The molecule has 3 heteroatoms. The van der Waals surface area contributed by atoms with Crippen LogP contribution >= 0.6 is 0 Å². The van der Waals surface area contributed by atoms with Crippen molar-refractivity contribution in [1.82, 2.24) is 4.90 Å². The van der Waals surface area contributed by atoms with E-state index in [2.05, 4.69) is 0 Å². The summed E-state index contributed by atoms with van der Waals surface area (Å²) < 4.78 is 0. The fourth-order valence-electron chi connectivity index (χ4n) is 1.63. The zero-order chi connectivity index (χ0) is 13.1. The lowest BCUT2D eigenvalue weighted by Crippen LogP contribution is -2.40. The average molecular weight is 227 g/mol. The molecule has 3 nitrogen and oxygen atoms in total. The second kappa shape index (κ2) is 5.46. The Labute approximate surface area is 99.2 Å². The normalized spacial score (nSPS) is 13.8. The summed E-state index contributed by atoms with van der Waals surface area (Å²) in [6, 6.07) is 0. The smallest absolute Gasteiger partial charge is 0.232 e. The molecule has 0 aliphatic carbocycles. The molecule has 0 aromatic carbocycles. The van der Waals surface area contributed by atoms with E-state index in [9.17, 15) is 9.59 Å². The Morgan fingerprint density at radius 1 is 1.12 bits per heavy atom. The molecule has 0 rings (SSSR count). The predicted molar refractivity (Wildman–Crippen MR) is 66.1 cm³/mol. The molecule has 1 atom stereocenters. The Kier molecular flexibility index (Phi) is 5.17. The Morgan fingerprint density at radius 3 is 1.81 bits per heavy atom. The van der Waals surface area contributed by atoms with Crippen molar-refractivity contribution in [1.29, 1.82) is 0 Å². The Balaban J connectivity index is 4.95. The van der Waals surface area contributed by atoms with E-state index in [0.717, 1.165) is 0 Å². The van der Waals surface area contributed by atoms with E-state index in [4.69, 9.17) is 0 Å². The van der Waals surface area contributed by atoms with Gasteiger partial charge in [0.1, 0.15) is 0 Å². The zero-order valence-electron chi connectivity index (χ0n) is 11.6. The number of carbonyl (C=O) groups is 2. The first-order valence-electron chi connectivity index (χ1n) is 5.82. The highest BCUT2D eigenvalue weighted by atomic mass is 16.2. The summed E-state index contributed by atoms with van der Waals surface area (Å²) in [5.41, 5.74) is -0.453. The van der Waals surface area contributed by atoms with Crippen LogP contribution in [0.15, 0.2) is 0 Å². The number of hydrogen-bond donors (Lipinski definition) is 0. The number of Topliss-reactive ketones (excluding diaryl/α,β-unsaturated/α-hetero) is 1. The van der Waals surface area contributed by atoms with E-state index in [1.54, 1.807) is 14.1 Å². The molecule has 0 saturated heterocycles. The Morgan fingerprint density at radius 2 is 1.56 bits per heavy atom. The van der Waals surface area contributed by atoms with Crippen LogP contribution in [0.4, 0.5) is 0 Å². The summed E-state index contributed by atoms with van der Waals surface area (Å²) >= 11 is 0. The van der Waals surface area contributed by atoms with Crippen molar-refractivity contribution in [3.05, 3.63) is 0 Å². The number of amides is 1. The molecular formula is C13H25NO2. The molecule has 0 N–H and O–H groups in total. The largest absolute Gasteiger partial charge is 0.348 e. The first kappa shape index (κ1) is 15.1. The lowest BCUT2D eigenvalue weighted by atomic mass is 9.79. The van der Waals surface area contributed by atoms with Gasteiger partial charge in [0, 0.05) is 19.5 Å². The molecule has 16 heavy (non-hydrogen) atoms. The highest BCUT2D eigenvalue weighted by Crippen LogP contribution is 2.25. The standard InChI is InChI=1S/C13H25NO2/c1-9(2)8-10(12(16)14(6)7)11(15)13(3,4)5/h9-10H,8H2,1-7H3. The first-order chi connectivity index (χ1) is 7.07. The van der Waals surface area contributed by atoms with Crippen molar-refractivity contribution in [3.8, 4) is 0 Å². The third-order valence-electron chi connectivity index (χ3n) is 2.50. The molecular weight excluding hydrogens is 202 g/mol. The van der Waals surface area contributed by atoms with Crippen LogP contribution in [-0.4, -0.2) is 30.7 Å². The molecule has 0 aromatic rings. The lowest BCUT2D eigenvalue weighted by Gasteiger charge is -2.27. The van der Waals surface area contributed by atoms with Crippen LogP contribution in [-0.2, 0) is 9.59 Å². The van der Waals surface area contributed by atoms with Crippen molar-refractivity contribution >= 4 is 11.7 Å². The van der Waals surface area contributed by atoms with Gasteiger partial charge in [0.2, 0.25) is 5.91 Å². The molecule has 0 fully saturated rings. The SMILES string of the molecule is CC(C)CC(C(=O)N(C)C)C(=O)C(C)(C)C. The highest BCUT2D eigenvalue weighted by Gasteiger charge is 2.35. The second-order valence-corrected chi connectivity index (χ2v) is 6.03. The molecule has 0 aliphatic heterocycles. The average Bonchev–Trinajstić information content (AvgIpc) is 2.09. The van der Waals surface area contributed by atoms with Crippen LogP contribution in [0.2, 0.25) is 0 Å². The van der Waals surface area contributed by atoms with Crippen LogP contribution in [0.5, 0.6) is 0 Å². The van der Waals surface area contributed by atoms with E-state index in [-0.39, 0.29) is 11.7 Å². The second-order valence-electron chi connectivity index (χ2n) is 6.03. The minimum atomic E-state index is -0.491. The van der Waals surface area contributed by atoms with Gasteiger partial charge in [0.05, 0.1) is 5.92 Å². The molecule has 0 aliphatic rings. The van der Waals surface area contributed by atoms with Gasteiger partial charge in [-0.25, -0.2) is 0 Å². The van der Waals surface area contributed by atoms with Gasteiger partial charge in [-0.15, -0.1) is 0 Å². The van der Waals surface area contributed by atoms with E-state index < -0.39 is 11.3 Å². The fourth-order valence-corrected chi connectivity index (χ4v) is 1.63. The molecule has 94 valence electrons. The number of carbonyl (C=O) groups excluding carboxylic acids is 2. The van der Waals surface area contributed by atoms with Gasteiger partial charge in [0.25, 0.3) is 0 Å². The molecule has 0 spiro atoms. The van der Waals surface area contributed by atoms with Crippen molar-refractivity contribution in [2.45, 2.75) is 41.0 Å². The predicted octanol–water partition coefficient (Wildman–Crippen LogP) is 2.35. The van der Waals surface area contributed by atoms with Gasteiger partial charge >= 0.3 is 0 Å². The minimum Gasteiger partial charge on any atom is -0.348 e. The first-order valence-corrected chi connectivity index (χ1v) is 5.82. The van der Waals surface area contributed by atoms with Crippen molar-refractivity contribution in [2.75, 3.05) is 14.1 Å². The summed E-state index contributed by atoms with van der Waals surface area (Å²) in [7, 11) is 3.40. The maximum atomic E-state index is 12.2. The maximum absolute atomic E-state index is 12.2. The summed E-state index contributed by atoms with van der Waals surface area (Å²) in [5, 5.41) is 0. The summed E-state index contributed by atoms with van der Waals surface area (Å²) in [5.74, 6) is -0.177. The van der Waals surface area contributed by atoms with Gasteiger partial charge in [-0.05, 0) is 12.3 Å². The Hall–Kier alpha value is -0.860. The topological polar surface area (TPSA) is 37.4 Å². The molecule has 0 saturated carbocycles. The number of hydrogen-bond acceptors (Lipinski definition) is 2. The monoisotopic (exact) mass is 227 g/mol. The molecule has 1 amide bonds. The van der Waals surface area contributed by atoms with Crippen LogP contribution in [0.1, 0.15) is 41.0 Å². The van der Waals surface area contributed by atoms with Crippen LogP contribution < -0.4 is 0 Å². The number of ketones is 1. The number of nitrogens with zero attached hydrogens (tertiary/aromatic N) is 1. The van der Waals surface area contributed by atoms with E-state index in [0.29, 0.717) is 12.3 Å². The van der Waals surface area contributed by atoms with Gasteiger partial charge in [0.15, 0.2) is 5.78 Å². The van der Waals surface area contributed by atoms with E-state index in [1.165, 1.54) is 4.90 Å². The third kappa shape index (κ3) is 4.33. The zero-order valence-corrected chi connectivity index (χ0v) is 11.6. The minimum absolute atomic E-state index is 0.0416. The molecule has 1 unspecified atom stereocenters. The quantitative estimate of drug-likeness (QED) is 0.691. The molecule has 0 bridgehead atoms. The number of rotatable bonds is 4. The van der Waals surface area contributed by atoms with Crippen molar-refractivity contribution in [3.63, 3.8) is 0 Å². The highest BCUT2D eigenvalue weighted by molar-refractivity contribution is 6.03. The summed E-state index contributed by atoms with van der Waals surface area (Å²) in [4.78, 5) is 25.7. The van der Waals surface area contributed by atoms with E-state index in [1.807, 2.05) is 34.6 Å². The van der Waals surface area contributed by atoms with Crippen molar-refractivity contribution < 1.29 is 9.59 Å². The molecule has 0 aromatic heterocycles. The lowest BCUT2D eigenvalue weighted by molar-refractivity contribution is -0.143. The summed E-state index contributed by atoms with van der Waals surface area (Å²) in [6.45, 7) is 9.67. The van der Waals surface area contributed by atoms with Gasteiger partial charge < -0.3 is 4.90 Å². The van der Waals surface area contributed by atoms with Crippen LogP contribution in [0.25, 0.3) is 0 Å². The summed E-state index contributed by atoms with van der Waals surface area (Å²) in [6.07, 6.45) is 0.632. The van der Waals surface area contributed by atoms with Gasteiger partial charge in [-0.1, -0.05) is 34.6 Å². The van der Waals surface area contributed by atoms with Gasteiger partial charge in [-0.2, -0.15) is 0 Å². The third-order valence-corrected chi connectivity index (χ3v) is 2.50. The maximum Gasteiger partial charge on any atom is 0.232 e. The van der Waals surface area contributed by atoms with Crippen LogP contribution in [0.3, 0.4) is 0 Å². The Bertz CT molecular complexity index is 262. The van der Waals surface area contributed by atoms with Crippen LogP contribution in [0, 0.1) is 17.3 Å². The fraction of sp³-hybridized carbons (Fsp3) is 0.846. The van der Waals surface area contributed by atoms with Crippen molar-refractivity contribution in [2.24, 2.45) is 17.3 Å². The molecule has 0 radical (unpaired) electrons.